The Balaban J connectivity index is 2.41. The monoisotopic (exact) mass is 327 g/mol. The van der Waals surface area contributed by atoms with Crippen molar-refractivity contribution < 1.29 is 13.2 Å². The number of nitrogens with zero attached hydrogens (tertiary/aromatic N) is 2. The maximum Gasteiger partial charge on any atom is 0.244 e. The molecule has 1 fully saturated rings. The van der Waals surface area contributed by atoms with Gasteiger partial charge in [0.25, 0.3) is 0 Å². The number of halogens is 1. The van der Waals surface area contributed by atoms with Crippen LogP contribution in [0.4, 0.5) is 0 Å². The molecule has 8 heteroatoms. The van der Waals surface area contributed by atoms with E-state index in [1.807, 2.05) is 6.07 Å². The number of hydrogen-bond donors (Lipinski definition) is 1. The molecule has 1 heterocycles. The van der Waals surface area contributed by atoms with Crippen LogP contribution in [0.3, 0.4) is 0 Å². The van der Waals surface area contributed by atoms with Gasteiger partial charge in [-0.25, -0.2) is 8.42 Å². The van der Waals surface area contributed by atoms with Crippen LogP contribution in [0.1, 0.15) is 18.4 Å². The van der Waals surface area contributed by atoms with Gasteiger partial charge in [0.05, 0.1) is 16.5 Å². The molecule has 0 radical (unpaired) electrons. The zero-order chi connectivity index (χ0) is 15.6. The Bertz CT molecular complexity index is 712. The Morgan fingerprint density at radius 3 is 2.81 bits per heavy atom. The average Bonchev–Trinajstić information content (AvgIpc) is 2.47. The van der Waals surface area contributed by atoms with Crippen molar-refractivity contribution in [2.75, 3.05) is 13.1 Å². The van der Waals surface area contributed by atoms with Crippen molar-refractivity contribution >= 4 is 27.5 Å². The summed E-state index contributed by atoms with van der Waals surface area (Å²) in [5.41, 5.74) is 5.17. The smallest absolute Gasteiger partial charge is 0.244 e. The number of rotatable bonds is 3. The second kappa shape index (κ2) is 6.02. The van der Waals surface area contributed by atoms with Gasteiger partial charge in [-0.15, -0.1) is 0 Å². The van der Waals surface area contributed by atoms with Gasteiger partial charge in [-0.2, -0.15) is 9.57 Å². The molecule has 1 aromatic carbocycles. The predicted octanol–water partition coefficient (Wildman–Crippen LogP) is 1.10. The molecule has 1 saturated heterocycles. The highest BCUT2D eigenvalue weighted by Crippen LogP contribution is 2.28. The Morgan fingerprint density at radius 1 is 1.48 bits per heavy atom. The number of carbonyl (C=O) groups is 1. The summed E-state index contributed by atoms with van der Waals surface area (Å²) >= 11 is 5.87. The van der Waals surface area contributed by atoms with Gasteiger partial charge in [-0.05, 0) is 25.0 Å². The molecule has 2 rings (SSSR count). The van der Waals surface area contributed by atoms with Crippen molar-refractivity contribution in [2.45, 2.75) is 17.7 Å². The average molecular weight is 328 g/mol. The molecule has 0 saturated carbocycles. The number of piperidine rings is 1. The van der Waals surface area contributed by atoms with E-state index in [2.05, 4.69) is 0 Å². The van der Waals surface area contributed by atoms with E-state index in [1.165, 1.54) is 22.5 Å². The minimum atomic E-state index is -3.88. The predicted molar refractivity (Wildman–Crippen MR) is 76.8 cm³/mol. The number of benzene rings is 1. The second-order valence-corrected chi connectivity index (χ2v) is 7.14. The highest BCUT2D eigenvalue weighted by Gasteiger charge is 2.34. The van der Waals surface area contributed by atoms with Gasteiger partial charge >= 0.3 is 0 Å². The van der Waals surface area contributed by atoms with Gasteiger partial charge in [0, 0.05) is 13.1 Å². The number of nitrogens with two attached hydrogens (primary N) is 1. The first-order chi connectivity index (χ1) is 9.87. The molecular weight excluding hydrogens is 314 g/mol. The molecule has 2 N–H and O–H groups in total. The summed E-state index contributed by atoms with van der Waals surface area (Å²) in [5, 5.41) is 9.19. The highest BCUT2D eigenvalue weighted by atomic mass is 35.5. The maximum absolute atomic E-state index is 12.7. The highest BCUT2D eigenvalue weighted by molar-refractivity contribution is 7.89. The molecule has 1 unspecified atom stereocenters. The lowest BCUT2D eigenvalue weighted by molar-refractivity contribution is -0.122. The molecule has 112 valence electrons. The van der Waals surface area contributed by atoms with Crippen LogP contribution in [-0.4, -0.2) is 31.7 Å². The summed E-state index contributed by atoms with van der Waals surface area (Å²) in [6, 6.07) is 6.09. The van der Waals surface area contributed by atoms with E-state index < -0.39 is 21.8 Å². The number of primary amides is 1. The molecule has 1 amide bonds. The van der Waals surface area contributed by atoms with Crippen molar-refractivity contribution in [3.63, 3.8) is 0 Å². The Kier molecular flexibility index (Phi) is 4.52. The first kappa shape index (κ1) is 15.8. The van der Waals surface area contributed by atoms with Crippen LogP contribution < -0.4 is 5.73 Å². The lowest BCUT2D eigenvalue weighted by Crippen LogP contribution is -2.44. The van der Waals surface area contributed by atoms with Gasteiger partial charge in [0.1, 0.15) is 11.0 Å². The minimum absolute atomic E-state index is 0.0368. The fourth-order valence-electron chi connectivity index (χ4n) is 2.36. The molecule has 6 nitrogen and oxygen atoms in total. The molecule has 0 bridgehead atoms. The molecule has 1 aliphatic heterocycles. The van der Waals surface area contributed by atoms with Crippen LogP contribution in [0.2, 0.25) is 5.02 Å². The van der Waals surface area contributed by atoms with Crippen molar-refractivity contribution in [1.82, 2.24) is 4.31 Å². The largest absolute Gasteiger partial charge is 0.369 e. The normalized spacial score (nSPS) is 19.9. The Morgan fingerprint density at radius 2 is 2.19 bits per heavy atom. The fraction of sp³-hybridized carbons (Fsp3) is 0.385. The van der Waals surface area contributed by atoms with Crippen LogP contribution in [0.15, 0.2) is 23.1 Å². The molecule has 21 heavy (non-hydrogen) atoms. The van der Waals surface area contributed by atoms with Crippen molar-refractivity contribution in [1.29, 1.82) is 5.26 Å². The first-order valence-corrected chi connectivity index (χ1v) is 8.18. The lowest BCUT2D eigenvalue weighted by Gasteiger charge is -2.30. The summed E-state index contributed by atoms with van der Waals surface area (Å²) in [6.07, 6.45) is 1.12. The zero-order valence-electron chi connectivity index (χ0n) is 11.1. The Labute approximate surface area is 128 Å². The van der Waals surface area contributed by atoms with Gasteiger partial charge in [0.15, 0.2) is 0 Å². The van der Waals surface area contributed by atoms with E-state index in [-0.39, 0.29) is 22.0 Å². The Hall–Kier alpha value is -1.62. The summed E-state index contributed by atoms with van der Waals surface area (Å²) in [6.45, 7) is 0.332. The van der Waals surface area contributed by atoms with Crippen LogP contribution in [0.5, 0.6) is 0 Å². The van der Waals surface area contributed by atoms with Crippen molar-refractivity contribution in [2.24, 2.45) is 11.7 Å². The third kappa shape index (κ3) is 3.02. The molecular formula is C13H14ClN3O3S. The van der Waals surface area contributed by atoms with E-state index >= 15 is 0 Å². The summed E-state index contributed by atoms with van der Waals surface area (Å²) in [5.74, 6) is -1.01. The van der Waals surface area contributed by atoms with E-state index in [0.29, 0.717) is 19.4 Å². The van der Waals surface area contributed by atoms with Gasteiger partial charge < -0.3 is 5.73 Å². The third-order valence-electron chi connectivity index (χ3n) is 3.49. The summed E-state index contributed by atoms with van der Waals surface area (Å²) < 4.78 is 26.5. The topological polar surface area (TPSA) is 104 Å². The first-order valence-electron chi connectivity index (χ1n) is 6.36. The second-order valence-electron chi connectivity index (χ2n) is 4.83. The molecule has 0 aromatic heterocycles. The minimum Gasteiger partial charge on any atom is -0.369 e. The fourth-order valence-corrected chi connectivity index (χ4v) is 4.32. The summed E-state index contributed by atoms with van der Waals surface area (Å²) in [4.78, 5) is 11.1. The van der Waals surface area contributed by atoms with E-state index in [9.17, 15) is 13.2 Å². The number of nitriles is 1. The number of hydrogen-bond acceptors (Lipinski definition) is 4. The van der Waals surface area contributed by atoms with Gasteiger partial charge in [-0.3, -0.25) is 4.79 Å². The van der Waals surface area contributed by atoms with Crippen LogP contribution in [0.25, 0.3) is 0 Å². The molecule has 0 aliphatic carbocycles. The molecule has 0 spiro atoms. The standard InChI is InChI=1S/C13H14ClN3O3S/c14-11-4-1-5-12(10(11)7-15)21(19,20)17-6-2-3-9(8-17)13(16)18/h1,4-5,9H,2-3,6,8H2,(H2,16,18). The van der Waals surface area contributed by atoms with Crippen LogP contribution >= 0.6 is 11.6 Å². The molecule has 1 aromatic rings. The quantitative estimate of drug-likeness (QED) is 0.897. The van der Waals surface area contributed by atoms with Crippen molar-refractivity contribution in [3.8, 4) is 6.07 Å². The van der Waals surface area contributed by atoms with E-state index in [4.69, 9.17) is 22.6 Å². The van der Waals surface area contributed by atoms with E-state index in [1.54, 1.807) is 0 Å². The lowest BCUT2D eigenvalue weighted by atomic mass is 9.99. The zero-order valence-corrected chi connectivity index (χ0v) is 12.7. The number of sulfonamides is 1. The third-order valence-corrected chi connectivity index (χ3v) is 5.71. The summed E-state index contributed by atoms with van der Waals surface area (Å²) in [7, 11) is -3.88. The van der Waals surface area contributed by atoms with Crippen LogP contribution in [0, 0.1) is 17.2 Å². The number of carbonyl (C=O) groups excluding carboxylic acids is 1. The SMILES string of the molecule is N#Cc1c(Cl)cccc1S(=O)(=O)N1CCCC(C(N)=O)C1. The molecule has 1 atom stereocenters. The van der Waals surface area contributed by atoms with Crippen LogP contribution in [-0.2, 0) is 14.8 Å². The van der Waals surface area contributed by atoms with E-state index in [0.717, 1.165) is 0 Å². The van der Waals surface area contributed by atoms with Gasteiger partial charge in [0.2, 0.25) is 15.9 Å². The van der Waals surface area contributed by atoms with Crippen molar-refractivity contribution in [3.05, 3.63) is 28.8 Å². The van der Waals surface area contributed by atoms with Gasteiger partial charge in [-0.1, -0.05) is 17.7 Å². The molecule has 1 aliphatic rings. The maximum atomic E-state index is 12.7. The number of amides is 1.